The van der Waals surface area contributed by atoms with E-state index >= 15 is 0 Å². The van der Waals surface area contributed by atoms with E-state index in [4.69, 9.17) is 16.3 Å². The number of aromatic nitrogens is 2. The van der Waals surface area contributed by atoms with Gasteiger partial charge in [0.05, 0.1) is 0 Å². The van der Waals surface area contributed by atoms with Crippen molar-refractivity contribution in [3.8, 4) is 5.88 Å². The maximum Gasteiger partial charge on any atom is 0.262 e. The van der Waals surface area contributed by atoms with Gasteiger partial charge in [-0.05, 0) is 49.9 Å². The summed E-state index contributed by atoms with van der Waals surface area (Å²) in [6, 6.07) is 8.66. The summed E-state index contributed by atoms with van der Waals surface area (Å²) in [7, 11) is 0. The number of amides is 1. The second-order valence-electron chi connectivity index (χ2n) is 6.68. The third-order valence-electron chi connectivity index (χ3n) is 4.24. The first kappa shape index (κ1) is 18.5. The van der Waals surface area contributed by atoms with Gasteiger partial charge >= 0.3 is 0 Å². The van der Waals surface area contributed by atoms with Gasteiger partial charge in [-0.1, -0.05) is 18.5 Å². The van der Waals surface area contributed by atoms with E-state index in [-0.39, 0.29) is 12.5 Å². The molecule has 1 N–H and O–H groups in total. The maximum absolute atomic E-state index is 12.1. The zero-order valence-corrected chi connectivity index (χ0v) is 15.8. The molecule has 0 saturated carbocycles. The van der Waals surface area contributed by atoms with E-state index in [2.05, 4.69) is 27.1 Å². The van der Waals surface area contributed by atoms with Gasteiger partial charge in [0.25, 0.3) is 5.91 Å². The minimum Gasteiger partial charge on any atom is -0.467 e. The Hall–Kier alpha value is -2.34. The molecular weight excluding hydrogens is 352 g/mol. The highest BCUT2D eigenvalue weighted by molar-refractivity contribution is 6.30. The lowest BCUT2D eigenvalue weighted by atomic mass is 10.0. The topological polar surface area (TPSA) is 67.3 Å². The van der Waals surface area contributed by atoms with Crippen LogP contribution in [-0.4, -0.2) is 35.6 Å². The fourth-order valence-electron chi connectivity index (χ4n) is 2.98. The van der Waals surface area contributed by atoms with Gasteiger partial charge in [0, 0.05) is 35.6 Å². The second kappa shape index (κ2) is 8.36. The summed E-state index contributed by atoms with van der Waals surface area (Å²) >= 11 is 5.84. The van der Waals surface area contributed by atoms with Gasteiger partial charge in [0.2, 0.25) is 11.8 Å². The molecule has 2 heterocycles. The smallest absolute Gasteiger partial charge is 0.262 e. The van der Waals surface area contributed by atoms with Crippen molar-refractivity contribution in [3.05, 3.63) is 41.0 Å². The SMILES string of the molecule is Cc1cc(OCC(=O)Nc2ccc(Cl)cc2)nc(N2CCC[C@H](C)C2)n1. The molecule has 138 valence electrons. The molecular formula is C19H23ClN4O2. The third kappa shape index (κ3) is 5.08. The average molecular weight is 375 g/mol. The van der Waals surface area contributed by atoms with Crippen LogP contribution in [0, 0.1) is 12.8 Å². The van der Waals surface area contributed by atoms with Crippen molar-refractivity contribution in [1.82, 2.24) is 9.97 Å². The molecule has 1 atom stereocenters. The maximum atomic E-state index is 12.1. The van der Waals surface area contributed by atoms with E-state index in [0.717, 1.165) is 25.2 Å². The summed E-state index contributed by atoms with van der Waals surface area (Å²) in [4.78, 5) is 23.2. The number of nitrogens with zero attached hydrogens (tertiary/aromatic N) is 3. The molecule has 7 heteroatoms. The van der Waals surface area contributed by atoms with E-state index in [0.29, 0.717) is 28.5 Å². The number of ether oxygens (including phenoxy) is 1. The lowest BCUT2D eigenvalue weighted by Gasteiger charge is -2.31. The largest absolute Gasteiger partial charge is 0.467 e. The van der Waals surface area contributed by atoms with E-state index in [9.17, 15) is 4.79 Å². The Labute approximate surface area is 158 Å². The number of aryl methyl sites for hydroxylation is 1. The predicted octanol–water partition coefficient (Wildman–Crippen LogP) is 3.69. The van der Waals surface area contributed by atoms with Crippen LogP contribution >= 0.6 is 11.6 Å². The van der Waals surface area contributed by atoms with E-state index in [1.165, 1.54) is 6.42 Å². The fourth-order valence-corrected chi connectivity index (χ4v) is 3.11. The number of halogens is 1. The molecule has 1 saturated heterocycles. The summed E-state index contributed by atoms with van der Waals surface area (Å²) in [6.45, 7) is 5.92. The number of hydrogen-bond acceptors (Lipinski definition) is 5. The van der Waals surface area contributed by atoms with Crippen LogP contribution in [0.2, 0.25) is 5.02 Å². The minimum atomic E-state index is -0.253. The minimum absolute atomic E-state index is 0.116. The Bertz CT molecular complexity index is 767. The highest BCUT2D eigenvalue weighted by atomic mass is 35.5. The second-order valence-corrected chi connectivity index (χ2v) is 7.12. The number of hydrogen-bond donors (Lipinski definition) is 1. The summed E-state index contributed by atoms with van der Waals surface area (Å²) in [5.41, 5.74) is 1.49. The Kier molecular flexibility index (Phi) is 5.93. The molecule has 0 aliphatic carbocycles. The molecule has 3 rings (SSSR count). The summed E-state index contributed by atoms with van der Waals surface area (Å²) in [6.07, 6.45) is 2.37. The van der Waals surface area contributed by atoms with Crippen molar-refractivity contribution in [2.75, 3.05) is 29.9 Å². The van der Waals surface area contributed by atoms with Crippen molar-refractivity contribution in [2.45, 2.75) is 26.7 Å². The zero-order valence-electron chi connectivity index (χ0n) is 15.0. The molecule has 1 fully saturated rings. The average Bonchev–Trinajstić information content (AvgIpc) is 2.61. The molecule has 0 unspecified atom stereocenters. The van der Waals surface area contributed by atoms with Crippen molar-refractivity contribution >= 4 is 29.1 Å². The van der Waals surface area contributed by atoms with Gasteiger partial charge in [-0.25, -0.2) is 4.98 Å². The monoisotopic (exact) mass is 374 g/mol. The van der Waals surface area contributed by atoms with E-state index in [1.54, 1.807) is 30.3 Å². The quantitative estimate of drug-likeness (QED) is 0.864. The number of carbonyl (C=O) groups excluding carboxylic acids is 1. The van der Waals surface area contributed by atoms with Crippen LogP contribution in [0.4, 0.5) is 11.6 Å². The Morgan fingerprint density at radius 2 is 2.12 bits per heavy atom. The van der Waals surface area contributed by atoms with Crippen LogP contribution in [0.5, 0.6) is 5.88 Å². The van der Waals surface area contributed by atoms with E-state index in [1.807, 2.05) is 6.92 Å². The van der Waals surface area contributed by atoms with Gasteiger partial charge in [0.1, 0.15) is 0 Å². The number of carbonyl (C=O) groups is 1. The molecule has 1 amide bonds. The van der Waals surface area contributed by atoms with Gasteiger partial charge < -0.3 is 15.0 Å². The van der Waals surface area contributed by atoms with Crippen LogP contribution in [0.3, 0.4) is 0 Å². The van der Waals surface area contributed by atoms with Crippen LogP contribution in [-0.2, 0) is 4.79 Å². The number of anilines is 2. The van der Waals surface area contributed by atoms with Crippen LogP contribution in [0.1, 0.15) is 25.5 Å². The number of piperidine rings is 1. The normalized spacial score (nSPS) is 17.0. The molecule has 0 radical (unpaired) electrons. The van der Waals surface area contributed by atoms with Crippen LogP contribution < -0.4 is 15.0 Å². The molecule has 0 bridgehead atoms. The standard InChI is InChI=1S/C19H23ClN4O2/c1-13-4-3-9-24(11-13)19-21-14(2)10-18(23-19)26-12-17(25)22-16-7-5-15(20)6-8-16/h5-8,10,13H,3-4,9,11-12H2,1-2H3,(H,22,25)/t13-/m0/s1. The first-order chi connectivity index (χ1) is 12.5. The lowest BCUT2D eigenvalue weighted by Crippen LogP contribution is -2.35. The lowest BCUT2D eigenvalue weighted by molar-refractivity contribution is -0.118. The number of benzene rings is 1. The molecule has 26 heavy (non-hydrogen) atoms. The Morgan fingerprint density at radius 3 is 2.85 bits per heavy atom. The summed E-state index contributed by atoms with van der Waals surface area (Å²) < 4.78 is 5.59. The number of rotatable bonds is 5. The first-order valence-electron chi connectivity index (χ1n) is 8.78. The van der Waals surface area contributed by atoms with Gasteiger partial charge in [-0.3, -0.25) is 4.79 Å². The van der Waals surface area contributed by atoms with Crippen molar-refractivity contribution in [2.24, 2.45) is 5.92 Å². The van der Waals surface area contributed by atoms with E-state index < -0.39 is 0 Å². The Balaban J connectivity index is 1.60. The van der Waals surface area contributed by atoms with Gasteiger partial charge in [0.15, 0.2) is 6.61 Å². The summed E-state index contributed by atoms with van der Waals surface area (Å²) in [5.74, 6) is 1.46. The van der Waals surface area contributed by atoms with Crippen molar-refractivity contribution < 1.29 is 9.53 Å². The first-order valence-corrected chi connectivity index (χ1v) is 9.16. The zero-order chi connectivity index (χ0) is 18.5. The Morgan fingerprint density at radius 1 is 1.35 bits per heavy atom. The summed E-state index contributed by atoms with van der Waals surface area (Å²) in [5, 5.41) is 3.38. The number of nitrogens with one attached hydrogen (secondary N) is 1. The van der Waals surface area contributed by atoms with Gasteiger partial charge in [-0.15, -0.1) is 0 Å². The molecule has 1 aliphatic heterocycles. The van der Waals surface area contributed by atoms with Crippen LogP contribution in [0.25, 0.3) is 0 Å². The van der Waals surface area contributed by atoms with Gasteiger partial charge in [-0.2, -0.15) is 4.98 Å². The molecule has 1 aromatic carbocycles. The van der Waals surface area contributed by atoms with Crippen molar-refractivity contribution in [1.29, 1.82) is 0 Å². The molecule has 0 spiro atoms. The molecule has 2 aromatic rings. The third-order valence-corrected chi connectivity index (χ3v) is 4.49. The fraction of sp³-hybridized carbons (Fsp3) is 0.421. The predicted molar refractivity (Wildman–Crippen MR) is 103 cm³/mol. The highest BCUT2D eigenvalue weighted by Crippen LogP contribution is 2.22. The highest BCUT2D eigenvalue weighted by Gasteiger charge is 2.19. The molecule has 1 aliphatic rings. The molecule has 1 aromatic heterocycles. The van der Waals surface area contributed by atoms with Crippen LogP contribution in [0.15, 0.2) is 30.3 Å². The molecule has 6 nitrogen and oxygen atoms in total. The van der Waals surface area contributed by atoms with Crippen molar-refractivity contribution in [3.63, 3.8) is 0 Å².